The number of aromatic amines is 1. The fourth-order valence-corrected chi connectivity index (χ4v) is 3.11. The Morgan fingerprint density at radius 2 is 1.96 bits per heavy atom. The maximum absolute atomic E-state index is 10.0. The molecule has 1 fully saturated rings. The highest BCUT2D eigenvalue weighted by molar-refractivity contribution is 9.10. The van der Waals surface area contributed by atoms with Crippen molar-refractivity contribution in [1.82, 2.24) is 4.98 Å². The van der Waals surface area contributed by atoms with Gasteiger partial charge in [-0.2, -0.15) is 0 Å². The molecule has 0 spiro atoms. The van der Waals surface area contributed by atoms with Gasteiger partial charge in [0, 0.05) is 9.86 Å². The molecule has 7 nitrogen and oxygen atoms in total. The fourth-order valence-electron chi connectivity index (χ4n) is 2.50. The third-order valence-corrected chi connectivity index (χ3v) is 4.51. The van der Waals surface area contributed by atoms with Crippen molar-refractivity contribution < 1.29 is 29.9 Å². The van der Waals surface area contributed by atoms with E-state index in [4.69, 9.17) is 21.1 Å². The lowest BCUT2D eigenvalue weighted by molar-refractivity contribution is -0.277. The monoisotopic (exact) mass is 407 g/mol. The van der Waals surface area contributed by atoms with Crippen molar-refractivity contribution in [2.24, 2.45) is 0 Å². The van der Waals surface area contributed by atoms with Crippen LogP contribution in [0.4, 0.5) is 0 Å². The predicted octanol–water partition coefficient (Wildman–Crippen LogP) is 0.762. The zero-order valence-corrected chi connectivity index (χ0v) is 14.0. The molecule has 1 aromatic carbocycles. The fraction of sp³-hybridized carbons (Fsp3) is 0.429. The van der Waals surface area contributed by atoms with E-state index in [0.717, 1.165) is 9.99 Å². The highest BCUT2D eigenvalue weighted by Gasteiger charge is 2.45. The zero-order valence-electron chi connectivity index (χ0n) is 11.7. The summed E-state index contributed by atoms with van der Waals surface area (Å²) in [5.41, 5.74) is 0.720. The van der Waals surface area contributed by atoms with E-state index < -0.39 is 37.3 Å². The summed E-state index contributed by atoms with van der Waals surface area (Å²) in [7, 11) is 0. The lowest BCUT2D eigenvalue weighted by atomic mass is 9.99. The summed E-state index contributed by atoms with van der Waals surface area (Å²) in [5.74, 6) is 0.243. The Morgan fingerprint density at radius 3 is 2.65 bits per heavy atom. The summed E-state index contributed by atoms with van der Waals surface area (Å²) in [6, 6.07) is 5.40. The Balaban J connectivity index is 1.92. The normalized spacial score (nSPS) is 31.5. The minimum Gasteiger partial charge on any atom is -0.458 e. The van der Waals surface area contributed by atoms with Gasteiger partial charge in [-0.25, -0.2) is 0 Å². The van der Waals surface area contributed by atoms with Crippen LogP contribution in [-0.4, -0.2) is 62.7 Å². The molecule has 126 valence electrons. The van der Waals surface area contributed by atoms with Gasteiger partial charge in [-0.1, -0.05) is 27.5 Å². The highest BCUT2D eigenvalue weighted by atomic mass is 79.9. The highest BCUT2D eigenvalue weighted by Crippen LogP contribution is 2.37. The first-order chi connectivity index (χ1) is 10.9. The van der Waals surface area contributed by atoms with E-state index in [1.807, 2.05) is 6.07 Å². The van der Waals surface area contributed by atoms with E-state index in [-0.39, 0.29) is 10.9 Å². The van der Waals surface area contributed by atoms with Crippen LogP contribution < -0.4 is 4.74 Å². The second-order valence-electron chi connectivity index (χ2n) is 5.27. The van der Waals surface area contributed by atoms with Gasteiger partial charge < -0.3 is 34.9 Å². The van der Waals surface area contributed by atoms with Crippen LogP contribution in [0.3, 0.4) is 0 Å². The molecule has 2 heterocycles. The molecular formula is C14H15BrClNO6. The van der Waals surface area contributed by atoms with Gasteiger partial charge >= 0.3 is 0 Å². The minimum absolute atomic E-state index is 0.204. The quantitative estimate of drug-likeness (QED) is 0.512. The van der Waals surface area contributed by atoms with Gasteiger partial charge in [-0.3, -0.25) is 0 Å². The number of aromatic nitrogens is 1. The van der Waals surface area contributed by atoms with Gasteiger partial charge in [0.15, 0.2) is 5.75 Å². The first kappa shape index (κ1) is 17.0. The van der Waals surface area contributed by atoms with Crippen molar-refractivity contribution in [2.45, 2.75) is 30.7 Å². The molecule has 0 unspecified atom stereocenters. The number of hydrogen-bond acceptors (Lipinski definition) is 6. The number of aliphatic hydroxyl groups excluding tert-OH is 4. The number of rotatable bonds is 3. The summed E-state index contributed by atoms with van der Waals surface area (Å²) in [6.45, 7) is -0.530. The lowest BCUT2D eigenvalue weighted by Gasteiger charge is -2.39. The Kier molecular flexibility index (Phi) is 4.84. The largest absolute Gasteiger partial charge is 0.458 e. The SMILES string of the molecule is OC[C@H]1O[C@@H](Oc2c(Cl)[nH]c3ccc(Br)cc23)[C@H](O)[C@@H](O)[C@H]1O. The maximum atomic E-state index is 10.0. The zero-order chi connectivity index (χ0) is 16.7. The van der Waals surface area contributed by atoms with Gasteiger partial charge in [0.1, 0.15) is 29.6 Å². The van der Waals surface area contributed by atoms with Crippen LogP contribution in [-0.2, 0) is 4.74 Å². The third kappa shape index (κ3) is 3.08. The van der Waals surface area contributed by atoms with Crippen LogP contribution in [0.15, 0.2) is 22.7 Å². The van der Waals surface area contributed by atoms with E-state index in [1.165, 1.54) is 0 Å². The molecule has 0 bridgehead atoms. The van der Waals surface area contributed by atoms with Crippen molar-refractivity contribution in [1.29, 1.82) is 0 Å². The van der Waals surface area contributed by atoms with Crippen molar-refractivity contribution in [3.05, 3.63) is 27.8 Å². The Hall–Kier alpha value is -0.870. The molecule has 9 heteroatoms. The number of ether oxygens (including phenoxy) is 2. The summed E-state index contributed by atoms with van der Waals surface area (Å²) in [4.78, 5) is 2.93. The van der Waals surface area contributed by atoms with Crippen molar-refractivity contribution in [3.63, 3.8) is 0 Å². The van der Waals surface area contributed by atoms with Crippen molar-refractivity contribution in [2.75, 3.05) is 6.61 Å². The Bertz CT molecular complexity index is 708. The standard InChI is InChI=1S/C14H15BrClNO6/c15-5-1-2-7-6(3-5)12(13(16)17-7)23-14-11(21)10(20)9(19)8(4-18)22-14/h1-3,8-11,14,17-21H,4H2/t8-,9+,10+,11-,14+/m1/s1. The van der Waals surface area contributed by atoms with Crippen LogP contribution in [0.5, 0.6) is 5.75 Å². The maximum Gasteiger partial charge on any atom is 0.229 e. The smallest absolute Gasteiger partial charge is 0.229 e. The minimum atomic E-state index is -1.51. The van der Waals surface area contributed by atoms with E-state index in [9.17, 15) is 20.4 Å². The molecule has 2 aromatic rings. The Labute approximate surface area is 144 Å². The van der Waals surface area contributed by atoms with Gasteiger partial charge in [0.05, 0.1) is 12.1 Å². The molecule has 1 aliphatic heterocycles. The van der Waals surface area contributed by atoms with Crippen LogP contribution in [0.25, 0.3) is 10.9 Å². The molecule has 1 saturated heterocycles. The molecule has 1 aliphatic rings. The first-order valence-corrected chi connectivity index (χ1v) is 8.03. The van der Waals surface area contributed by atoms with E-state index >= 15 is 0 Å². The number of aliphatic hydroxyl groups is 4. The molecule has 23 heavy (non-hydrogen) atoms. The molecule has 0 amide bonds. The molecule has 0 radical (unpaired) electrons. The van der Waals surface area contributed by atoms with Gasteiger partial charge in [-0.05, 0) is 18.2 Å². The van der Waals surface area contributed by atoms with E-state index in [2.05, 4.69) is 20.9 Å². The van der Waals surface area contributed by atoms with Gasteiger partial charge in [0.25, 0.3) is 0 Å². The summed E-state index contributed by atoms with van der Waals surface area (Å²) in [5, 5.41) is 39.7. The topological polar surface area (TPSA) is 115 Å². The summed E-state index contributed by atoms with van der Waals surface area (Å²) >= 11 is 9.48. The molecule has 0 aliphatic carbocycles. The van der Waals surface area contributed by atoms with Gasteiger partial charge in [-0.15, -0.1) is 0 Å². The third-order valence-electron chi connectivity index (χ3n) is 3.75. The van der Waals surface area contributed by atoms with E-state index in [1.54, 1.807) is 12.1 Å². The molecule has 5 N–H and O–H groups in total. The number of fused-ring (bicyclic) bond motifs is 1. The number of H-pyrrole nitrogens is 1. The summed E-state index contributed by atoms with van der Waals surface area (Å²) in [6.07, 6.45) is -6.79. The number of hydrogen-bond donors (Lipinski definition) is 5. The molecular weight excluding hydrogens is 394 g/mol. The molecule has 5 atom stereocenters. The van der Waals surface area contributed by atoms with Crippen molar-refractivity contribution >= 4 is 38.4 Å². The lowest BCUT2D eigenvalue weighted by Crippen LogP contribution is -2.60. The number of benzene rings is 1. The van der Waals surface area contributed by atoms with Crippen LogP contribution in [0.2, 0.25) is 5.15 Å². The summed E-state index contributed by atoms with van der Waals surface area (Å²) < 4.78 is 11.7. The average Bonchev–Trinajstić information content (AvgIpc) is 2.83. The second-order valence-corrected chi connectivity index (χ2v) is 6.57. The molecule has 3 rings (SSSR count). The number of nitrogens with one attached hydrogen (secondary N) is 1. The first-order valence-electron chi connectivity index (χ1n) is 6.86. The number of halogens is 2. The second kappa shape index (κ2) is 6.56. The van der Waals surface area contributed by atoms with Crippen LogP contribution in [0, 0.1) is 0 Å². The van der Waals surface area contributed by atoms with Gasteiger partial charge in [0.2, 0.25) is 6.29 Å². The van der Waals surface area contributed by atoms with E-state index in [0.29, 0.717) is 5.39 Å². The predicted molar refractivity (Wildman–Crippen MR) is 85.4 cm³/mol. The molecule has 0 saturated carbocycles. The van der Waals surface area contributed by atoms with Crippen LogP contribution in [0.1, 0.15) is 0 Å². The van der Waals surface area contributed by atoms with Crippen molar-refractivity contribution in [3.8, 4) is 5.75 Å². The molecule has 1 aromatic heterocycles. The Morgan fingerprint density at radius 1 is 1.22 bits per heavy atom. The average molecular weight is 409 g/mol. The van der Waals surface area contributed by atoms with Crippen LogP contribution >= 0.6 is 27.5 Å².